The first-order valence-corrected chi connectivity index (χ1v) is 6.78. The Hall–Kier alpha value is -1.35. The number of benzene rings is 1. The van der Waals surface area contributed by atoms with Crippen LogP contribution >= 0.6 is 0 Å². The van der Waals surface area contributed by atoms with Gasteiger partial charge < -0.3 is 10.2 Å². The molecule has 0 bridgehead atoms. The molecule has 0 aliphatic carbocycles. The van der Waals surface area contributed by atoms with E-state index in [4.69, 9.17) is 0 Å². The largest absolute Gasteiger partial charge is 0.383 e. The minimum atomic E-state index is 0.206. The van der Waals surface area contributed by atoms with E-state index in [-0.39, 0.29) is 5.78 Å². The molecule has 1 aromatic rings. The van der Waals surface area contributed by atoms with E-state index >= 15 is 0 Å². The van der Waals surface area contributed by atoms with Crippen LogP contribution in [0.15, 0.2) is 24.3 Å². The van der Waals surface area contributed by atoms with Crippen molar-refractivity contribution in [3.63, 3.8) is 0 Å². The Morgan fingerprint density at radius 1 is 1.39 bits per heavy atom. The topological polar surface area (TPSA) is 32.3 Å². The van der Waals surface area contributed by atoms with Gasteiger partial charge in [-0.3, -0.25) is 4.79 Å². The van der Waals surface area contributed by atoms with Crippen LogP contribution in [0, 0.1) is 0 Å². The van der Waals surface area contributed by atoms with Crippen molar-refractivity contribution in [1.82, 2.24) is 4.90 Å². The van der Waals surface area contributed by atoms with E-state index in [0.717, 1.165) is 17.8 Å². The fourth-order valence-electron chi connectivity index (χ4n) is 2.45. The molecule has 1 saturated heterocycles. The molecule has 1 heterocycles. The molecule has 1 aromatic carbocycles. The summed E-state index contributed by atoms with van der Waals surface area (Å²) in [7, 11) is 2.18. The third kappa shape index (κ3) is 3.10. The quantitative estimate of drug-likeness (QED) is 0.811. The van der Waals surface area contributed by atoms with Gasteiger partial charge in [0.05, 0.1) is 0 Å². The van der Waals surface area contributed by atoms with E-state index in [0.29, 0.717) is 12.5 Å². The summed E-state index contributed by atoms with van der Waals surface area (Å²) in [6.45, 7) is 4.08. The Morgan fingerprint density at radius 2 is 2.11 bits per heavy atom. The van der Waals surface area contributed by atoms with Crippen LogP contribution in [-0.4, -0.2) is 36.9 Å². The van der Waals surface area contributed by atoms with E-state index in [2.05, 4.69) is 17.3 Å². The number of likely N-dealkylation sites (tertiary alicyclic amines) is 1. The highest BCUT2D eigenvalue weighted by atomic mass is 16.1. The lowest BCUT2D eigenvalue weighted by Crippen LogP contribution is -2.31. The number of Topliss-reactive ketones (excluding diaryl/α,β-unsaturated/α-hetero) is 1. The van der Waals surface area contributed by atoms with Gasteiger partial charge in [0.2, 0.25) is 0 Å². The van der Waals surface area contributed by atoms with E-state index in [9.17, 15) is 4.79 Å². The van der Waals surface area contributed by atoms with E-state index < -0.39 is 0 Å². The van der Waals surface area contributed by atoms with Crippen LogP contribution in [0.4, 0.5) is 5.69 Å². The van der Waals surface area contributed by atoms with Crippen LogP contribution in [0.5, 0.6) is 0 Å². The van der Waals surface area contributed by atoms with Gasteiger partial charge in [0, 0.05) is 30.3 Å². The minimum Gasteiger partial charge on any atom is -0.383 e. The molecule has 18 heavy (non-hydrogen) atoms. The fraction of sp³-hybridized carbons (Fsp3) is 0.533. The minimum absolute atomic E-state index is 0.206. The van der Waals surface area contributed by atoms with Crippen molar-refractivity contribution >= 4 is 11.5 Å². The number of rotatable bonds is 5. The molecule has 3 heteroatoms. The standard InChI is InChI=1S/C15H22N2O/c1-3-15(18)12-6-8-13(9-7-12)16-11-14-5-4-10-17(14)2/h6-9,14,16H,3-5,10-11H2,1-2H3. The highest BCUT2D eigenvalue weighted by Gasteiger charge is 2.20. The van der Waals surface area contributed by atoms with Crippen molar-refractivity contribution in [2.24, 2.45) is 0 Å². The fourth-order valence-corrected chi connectivity index (χ4v) is 2.45. The van der Waals surface area contributed by atoms with Crippen LogP contribution in [0.25, 0.3) is 0 Å². The monoisotopic (exact) mass is 246 g/mol. The number of hydrogen-bond acceptors (Lipinski definition) is 3. The van der Waals surface area contributed by atoms with Gasteiger partial charge in [-0.05, 0) is 50.7 Å². The first kappa shape index (κ1) is 13.1. The zero-order chi connectivity index (χ0) is 13.0. The molecule has 1 fully saturated rings. The van der Waals surface area contributed by atoms with Crippen LogP contribution in [0.3, 0.4) is 0 Å². The van der Waals surface area contributed by atoms with Crippen molar-refractivity contribution in [3.05, 3.63) is 29.8 Å². The zero-order valence-corrected chi connectivity index (χ0v) is 11.3. The number of ketones is 1. The smallest absolute Gasteiger partial charge is 0.162 e. The number of anilines is 1. The molecule has 1 aliphatic rings. The van der Waals surface area contributed by atoms with Gasteiger partial charge in [-0.25, -0.2) is 0 Å². The second kappa shape index (κ2) is 6.01. The Kier molecular flexibility index (Phi) is 4.37. The molecule has 1 aliphatic heterocycles. The number of carbonyl (C=O) groups excluding carboxylic acids is 1. The molecule has 1 atom stereocenters. The molecule has 1 unspecified atom stereocenters. The lowest BCUT2D eigenvalue weighted by atomic mass is 10.1. The zero-order valence-electron chi connectivity index (χ0n) is 11.3. The molecule has 1 N–H and O–H groups in total. The average Bonchev–Trinajstić information content (AvgIpc) is 2.81. The Labute approximate surface area is 109 Å². The molecule has 0 aromatic heterocycles. The van der Waals surface area contributed by atoms with E-state index in [1.165, 1.54) is 19.4 Å². The summed E-state index contributed by atoms with van der Waals surface area (Å²) in [6, 6.07) is 8.45. The predicted octanol–water partition coefficient (Wildman–Crippen LogP) is 2.79. The van der Waals surface area contributed by atoms with E-state index in [1.807, 2.05) is 31.2 Å². The first-order valence-electron chi connectivity index (χ1n) is 6.78. The predicted molar refractivity (Wildman–Crippen MR) is 75.2 cm³/mol. The molecule has 3 nitrogen and oxygen atoms in total. The Morgan fingerprint density at radius 3 is 2.67 bits per heavy atom. The number of nitrogens with one attached hydrogen (secondary N) is 1. The lowest BCUT2D eigenvalue weighted by molar-refractivity contribution is 0.0988. The maximum atomic E-state index is 11.5. The SMILES string of the molecule is CCC(=O)c1ccc(NCC2CCCN2C)cc1. The highest BCUT2D eigenvalue weighted by molar-refractivity contribution is 5.96. The van der Waals surface area contributed by atoms with E-state index in [1.54, 1.807) is 0 Å². The molecule has 0 radical (unpaired) electrons. The second-order valence-electron chi connectivity index (χ2n) is 5.01. The maximum Gasteiger partial charge on any atom is 0.162 e. The second-order valence-corrected chi connectivity index (χ2v) is 5.01. The lowest BCUT2D eigenvalue weighted by Gasteiger charge is -2.20. The molecule has 0 saturated carbocycles. The third-order valence-corrected chi connectivity index (χ3v) is 3.74. The van der Waals surface area contributed by atoms with Crippen LogP contribution < -0.4 is 5.32 Å². The third-order valence-electron chi connectivity index (χ3n) is 3.74. The van der Waals surface area contributed by atoms with Crippen LogP contribution in [0.2, 0.25) is 0 Å². The Balaban J connectivity index is 1.88. The highest BCUT2D eigenvalue weighted by Crippen LogP contribution is 2.16. The summed E-state index contributed by atoms with van der Waals surface area (Å²) in [6.07, 6.45) is 3.14. The van der Waals surface area contributed by atoms with Crippen LogP contribution in [0.1, 0.15) is 36.5 Å². The number of nitrogens with zero attached hydrogens (tertiary/aromatic N) is 1. The summed E-state index contributed by atoms with van der Waals surface area (Å²) in [5.74, 6) is 0.206. The number of likely N-dealkylation sites (N-methyl/N-ethyl adjacent to an activating group) is 1. The van der Waals surface area contributed by atoms with Crippen molar-refractivity contribution in [2.45, 2.75) is 32.2 Å². The van der Waals surface area contributed by atoms with Crippen LogP contribution in [-0.2, 0) is 0 Å². The van der Waals surface area contributed by atoms with Gasteiger partial charge in [-0.2, -0.15) is 0 Å². The van der Waals surface area contributed by atoms with Gasteiger partial charge in [0.1, 0.15) is 0 Å². The summed E-state index contributed by atoms with van der Waals surface area (Å²) in [5.41, 5.74) is 1.91. The molecule has 0 amide bonds. The molecular formula is C15H22N2O. The normalized spacial score (nSPS) is 20.0. The first-order chi connectivity index (χ1) is 8.70. The number of carbonyl (C=O) groups is 1. The van der Waals surface area contributed by atoms with Gasteiger partial charge in [0.15, 0.2) is 5.78 Å². The molecule has 98 valence electrons. The summed E-state index contributed by atoms with van der Waals surface area (Å²) in [5, 5.41) is 3.45. The average molecular weight is 246 g/mol. The summed E-state index contributed by atoms with van der Waals surface area (Å²) >= 11 is 0. The van der Waals surface area contributed by atoms with Crippen molar-refractivity contribution in [1.29, 1.82) is 0 Å². The van der Waals surface area contributed by atoms with Crippen molar-refractivity contribution < 1.29 is 4.79 Å². The Bertz CT molecular complexity index is 399. The molecule has 0 spiro atoms. The summed E-state index contributed by atoms with van der Waals surface area (Å²) < 4.78 is 0. The maximum absolute atomic E-state index is 11.5. The van der Waals surface area contributed by atoms with Crippen molar-refractivity contribution in [3.8, 4) is 0 Å². The van der Waals surface area contributed by atoms with Gasteiger partial charge >= 0.3 is 0 Å². The van der Waals surface area contributed by atoms with Crippen molar-refractivity contribution in [2.75, 3.05) is 25.5 Å². The summed E-state index contributed by atoms with van der Waals surface area (Å²) in [4.78, 5) is 13.9. The van der Waals surface area contributed by atoms with Gasteiger partial charge in [-0.1, -0.05) is 6.92 Å². The number of hydrogen-bond donors (Lipinski definition) is 1. The molecule has 2 rings (SSSR count). The van der Waals surface area contributed by atoms with Gasteiger partial charge in [-0.15, -0.1) is 0 Å². The van der Waals surface area contributed by atoms with Gasteiger partial charge in [0.25, 0.3) is 0 Å². The molecular weight excluding hydrogens is 224 g/mol.